The van der Waals surface area contributed by atoms with E-state index in [9.17, 15) is 44.3 Å². The monoisotopic (exact) mass is 292 g/mol. The standard InChI is InChI=1S/C7H5F9O2/c8-5(9,10)4(6(11,12)13,7(14,15)16)2-1-3(17)18/h1-2H2,(H,17,18). The molecule has 0 amide bonds. The molecule has 0 rings (SSSR count). The predicted molar refractivity (Wildman–Crippen MR) is 37.5 cm³/mol. The van der Waals surface area contributed by atoms with Crippen LogP contribution < -0.4 is 0 Å². The third-order valence-corrected chi connectivity index (χ3v) is 2.17. The highest BCUT2D eigenvalue weighted by Crippen LogP contribution is 2.61. The van der Waals surface area contributed by atoms with Crippen molar-refractivity contribution in [3.05, 3.63) is 0 Å². The van der Waals surface area contributed by atoms with Gasteiger partial charge in [0.1, 0.15) is 0 Å². The summed E-state index contributed by atoms with van der Waals surface area (Å²) in [6, 6.07) is 0. The lowest BCUT2D eigenvalue weighted by Crippen LogP contribution is -2.59. The van der Waals surface area contributed by atoms with Gasteiger partial charge in [0, 0.05) is 6.42 Å². The van der Waals surface area contributed by atoms with E-state index in [-0.39, 0.29) is 0 Å². The first-order chi connectivity index (χ1) is 7.67. The van der Waals surface area contributed by atoms with Gasteiger partial charge in [0.2, 0.25) is 0 Å². The normalized spacial score (nSPS) is 14.7. The van der Waals surface area contributed by atoms with E-state index >= 15 is 0 Å². The van der Waals surface area contributed by atoms with E-state index in [1.807, 2.05) is 0 Å². The summed E-state index contributed by atoms with van der Waals surface area (Å²) in [5.74, 6) is -2.20. The lowest BCUT2D eigenvalue weighted by Gasteiger charge is -2.38. The summed E-state index contributed by atoms with van der Waals surface area (Å²) in [5.41, 5.74) is -6.04. The largest absolute Gasteiger partial charge is 0.481 e. The Labute approximate surface area is 93.4 Å². The maximum Gasteiger partial charge on any atom is 0.412 e. The molecule has 0 aliphatic heterocycles. The molecule has 0 aromatic heterocycles. The van der Waals surface area contributed by atoms with Crippen LogP contribution in [0.25, 0.3) is 0 Å². The molecule has 0 aliphatic rings. The molecule has 18 heavy (non-hydrogen) atoms. The van der Waals surface area contributed by atoms with E-state index in [0.717, 1.165) is 0 Å². The molecule has 0 radical (unpaired) electrons. The number of carbonyl (C=O) groups is 1. The van der Waals surface area contributed by atoms with E-state index in [4.69, 9.17) is 5.11 Å². The second kappa shape index (κ2) is 4.50. The molecule has 2 nitrogen and oxygen atoms in total. The van der Waals surface area contributed by atoms with Gasteiger partial charge < -0.3 is 5.11 Å². The summed E-state index contributed by atoms with van der Waals surface area (Å²) < 4.78 is 110. The Morgan fingerprint density at radius 3 is 1.22 bits per heavy atom. The number of aliphatic carboxylic acids is 1. The van der Waals surface area contributed by atoms with Crippen LogP contribution in [0.3, 0.4) is 0 Å². The Morgan fingerprint density at radius 1 is 0.778 bits per heavy atom. The van der Waals surface area contributed by atoms with Crippen molar-refractivity contribution >= 4 is 5.97 Å². The van der Waals surface area contributed by atoms with Gasteiger partial charge in [-0.05, 0) is 6.42 Å². The van der Waals surface area contributed by atoms with Crippen LogP contribution in [0.2, 0.25) is 0 Å². The molecule has 0 heterocycles. The molecule has 11 heteroatoms. The lowest BCUT2D eigenvalue weighted by atomic mass is 9.80. The van der Waals surface area contributed by atoms with E-state index in [2.05, 4.69) is 0 Å². The molecular weight excluding hydrogens is 287 g/mol. The van der Waals surface area contributed by atoms with Gasteiger partial charge in [0.05, 0.1) is 0 Å². The molecule has 0 aromatic rings. The van der Waals surface area contributed by atoms with Crippen molar-refractivity contribution in [2.75, 3.05) is 0 Å². The first-order valence-corrected chi connectivity index (χ1v) is 4.09. The average molecular weight is 292 g/mol. The Morgan fingerprint density at radius 2 is 1.06 bits per heavy atom. The maximum absolute atomic E-state index is 12.2. The molecule has 0 saturated carbocycles. The van der Waals surface area contributed by atoms with Gasteiger partial charge in [-0.15, -0.1) is 0 Å². The molecule has 0 aromatic carbocycles. The number of hydrogen-bond donors (Lipinski definition) is 1. The van der Waals surface area contributed by atoms with Crippen LogP contribution in [0.1, 0.15) is 12.8 Å². The van der Waals surface area contributed by atoms with Gasteiger partial charge in [0.25, 0.3) is 5.41 Å². The van der Waals surface area contributed by atoms with Crippen molar-refractivity contribution in [2.45, 2.75) is 31.4 Å². The Balaban J connectivity index is 5.83. The summed E-state index contributed by atoms with van der Waals surface area (Å²) in [4.78, 5) is 9.92. The molecule has 0 spiro atoms. The summed E-state index contributed by atoms with van der Waals surface area (Å²) in [6.45, 7) is 0. The molecule has 1 N–H and O–H groups in total. The Bertz CT molecular complexity index is 274. The molecule has 0 bridgehead atoms. The third kappa shape index (κ3) is 2.80. The first kappa shape index (κ1) is 16.8. The smallest absolute Gasteiger partial charge is 0.412 e. The van der Waals surface area contributed by atoms with Crippen molar-refractivity contribution < 1.29 is 49.4 Å². The topological polar surface area (TPSA) is 37.3 Å². The number of rotatable bonds is 3. The van der Waals surface area contributed by atoms with Crippen LogP contribution in [0.5, 0.6) is 0 Å². The van der Waals surface area contributed by atoms with Gasteiger partial charge in [-0.2, -0.15) is 39.5 Å². The van der Waals surface area contributed by atoms with Crippen LogP contribution in [0.15, 0.2) is 0 Å². The highest BCUT2D eigenvalue weighted by Gasteiger charge is 2.82. The van der Waals surface area contributed by atoms with E-state index in [0.29, 0.717) is 0 Å². The minimum absolute atomic E-state index is 1.92. The Hall–Kier alpha value is -1.16. The highest BCUT2D eigenvalue weighted by atomic mass is 19.4. The molecule has 0 fully saturated rings. The van der Waals surface area contributed by atoms with Crippen molar-refractivity contribution in [1.82, 2.24) is 0 Å². The quantitative estimate of drug-likeness (QED) is 0.808. The Kier molecular flexibility index (Phi) is 4.21. The lowest BCUT2D eigenvalue weighted by molar-refractivity contribution is -0.428. The molecule has 0 atom stereocenters. The summed E-state index contributed by atoms with van der Waals surface area (Å²) in [6.07, 6.45) is -24.7. The van der Waals surface area contributed by atoms with Crippen molar-refractivity contribution in [3.8, 4) is 0 Å². The van der Waals surface area contributed by atoms with Gasteiger partial charge in [-0.25, -0.2) is 0 Å². The molecule has 0 aliphatic carbocycles. The summed E-state index contributed by atoms with van der Waals surface area (Å²) in [5, 5.41) is 7.97. The fourth-order valence-corrected chi connectivity index (χ4v) is 1.20. The van der Waals surface area contributed by atoms with Crippen molar-refractivity contribution in [1.29, 1.82) is 0 Å². The fourth-order valence-electron chi connectivity index (χ4n) is 1.20. The molecule has 0 unspecified atom stereocenters. The third-order valence-electron chi connectivity index (χ3n) is 2.17. The number of carboxylic acids is 1. The molecule has 0 saturated heterocycles. The van der Waals surface area contributed by atoms with Crippen LogP contribution in [-0.2, 0) is 4.79 Å². The maximum atomic E-state index is 12.2. The predicted octanol–water partition coefficient (Wildman–Crippen LogP) is 3.52. The van der Waals surface area contributed by atoms with Gasteiger partial charge in [-0.3, -0.25) is 4.79 Å². The van der Waals surface area contributed by atoms with E-state index in [1.165, 1.54) is 0 Å². The minimum Gasteiger partial charge on any atom is -0.481 e. The van der Waals surface area contributed by atoms with Crippen molar-refractivity contribution in [2.24, 2.45) is 5.41 Å². The number of carboxylic acid groups (broad SMARTS) is 1. The fraction of sp³-hybridized carbons (Fsp3) is 0.857. The van der Waals surface area contributed by atoms with Crippen LogP contribution in [0, 0.1) is 5.41 Å². The summed E-state index contributed by atoms with van der Waals surface area (Å²) in [7, 11) is 0. The van der Waals surface area contributed by atoms with E-state index in [1.54, 1.807) is 0 Å². The molecular formula is C7H5F9O2. The SMILES string of the molecule is O=C(O)CCC(C(F)(F)F)(C(F)(F)F)C(F)(F)F. The van der Waals surface area contributed by atoms with E-state index < -0.39 is 42.8 Å². The van der Waals surface area contributed by atoms with Crippen molar-refractivity contribution in [3.63, 3.8) is 0 Å². The minimum atomic E-state index is -6.70. The number of halogens is 9. The second-order valence-electron chi connectivity index (χ2n) is 3.29. The first-order valence-electron chi connectivity index (χ1n) is 4.09. The summed E-state index contributed by atoms with van der Waals surface area (Å²) >= 11 is 0. The van der Waals surface area contributed by atoms with Gasteiger partial charge in [0.15, 0.2) is 0 Å². The van der Waals surface area contributed by atoms with Crippen LogP contribution in [0.4, 0.5) is 39.5 Å². The van der Waals surface area contributed by atoms with Gasteiger partial charge >= 0.3 is 24.5 Å². The van der Waals surface area contributed by atoms with Crippen LogP contribution >= 0.6 is 0 Å². The zero-order valence-corrected chi connectivity index (χ0v) is 8.17. The zero-order chi connectivity index (χ0) is 15.0. The second-order valence-corrected chi connectivity index (χ2v) is 3.29. The van der Waals surface area contributed by atoms with Gasteiger partial charge in [-0.1, -0.05) is 0 Å². The average Bonchev–Trinajstić information content (AvgIpc) is 1.94. The molecule has 108 valence electrons. The number of hydrogen-bond acceptors (Lipinski definition) is 1. The zero-order valence-electron chi connectivity index (χ0n) is 8.17. The number of alkyl halides is 9. The highest BCUT2D eigenvalue weighted by molar-refractivity contribution is 5.66. The van der Waals surface area contributed by atoms with Crippen LogP contribution in [-0.4, -0.2) is 29.6 Å².